The van der Waals surface area contributed by atoms with Crippen molar-refractivity contribution >= 4 is 11.9 Å². The van der Waals surface area contributed by atoms with Gasteiger partial charge in [-0.3, -0.25) is 9.59 Å². The molecule has 20 heavy (non-hydrogen) atoms. The van der Waals surface area contributed by atoms with E-state index in [9.17, 15) is 9.59 Å². The minimum Gasteiger partial charge on any atom is -0.481 e. The zero-order valence-corrected chi connectivity index (χ0v) is 12.4. The second-order valence-corrected chi connectivity index (χ2v) is 5.50. The van der Waals surface area contributed by atoms with Gasteiger partial charge >= 0.3 is 5.97 Å². The van der Waals surface area contributed by atoms with Crippen LogP contribution in [0.4, 0.5) is 0 Å². The predicted octanol–water partition coefficient (Wildman–Crippen LogP) is 2.42. The van der Waals surface area contributed by atoms with E-state index in [0.29, 0.717) is 0 Å². The van der Waals surface area contributed by atoms with Gasteiger partial charge in [-0.05, 0) is 26.7 Å². The number of aromatic nitrogens is 1. The number of carbonyl (C=O) groups excluding carboxylic acids is 1. The van der Waals surface area contributed by atoms with Gasteiger partial charge in [-0.2, -0.15) is 0 Å². The van der Waals surface area contributed by atoms with Crippen molar-refractivity contribution in [1.82, 2.24) is 10.5 Å². The van der Waals surface area contributed by atoms with Crippen LogP contribution >= 0.6 is 0 Å². The van der Waals surface area contributed by atoms with E-state index in [1.165, 1.54) is 0 Å². The van der Waals surface area contributed by atoms with E-state index in [2.05, 4.69) is 24.3 Å². The molecule has 112 valence electrons. The molecule has 0 unspecified atom stereocenters. The molecule has 0 radical (unpaired) electrons. The molecule has 0 aromatic carbocycles. The summed E-state index contributed by atoms with van der Waals surface area (Å²) in [4.78, 5) is 22.8. The molecule has 0 aliphatic carbocycles. The number of nitrogens with zero attached hydrogens (tertiary/aromatic N) is 1. The van der Waals surface area contributed by atoms with Crippen LogP contribution < -0.4 is 5.32 Å². The fraction of sp³-hybridized carbons (Fsp3) is 0.643. The second kappa shape index (κ2) is 6.54. The van der Waals surface area contributed by atoms with Gasteiger partial charge in [0.25, 0.3) is 5.91 Å². The van der Waals surface area contributed by atoms with Gasteiger partial charge in [0.15, 0.2) is 0 Å². The van der Waals surface area contributed by atoms with Crippen molar-refractivity contribution in [3.63, 3.8) is 0 Å². The van der Waals surface area contributed by atoms with Crippen LogP contribution in [-0.2, 0) is 4.79 Å². The van der Waals surface area contributed by atoms with Crippen LogP contribution in [0.1, 0.15) is 62.7 Å². The molecule has 1 amide bonds. The summed E-state index contributed by atoms with van der Waals surface area (Å²) >= 11 is 0. The third kappa shape index (κ3) is 3.82. The third-order valence-corrected chi connectivity index (χ3v) is 3.43. The van der Waals surface area contributed by atoms with Gasteiger partial charge in [0.2, 0.25) is 5.76 Å². The zero-order chi connectivity index (χ0) is 15.3. The first-order valence-corrected chi connectivity index (χ1v) is 6.80. The number of hydrogen-bond acceptors (Lipinski definition) is 4. The Hall–Kier alpha value is -1.85. The SMILES string of the molecule is CCC(CC)c1cc(C(=O)NCC(C)(C)C(=O)O)on1. The number of aliphatic carboxylic acids is 1. The molecule has 0 fully saturated rings. The largest absolute Gasteiger partial charge is 0.481 e. The highest BCUT2D eigenvalue weighted by molar-refractivity contribution is 5.91. The number of carbonyl (C=O) groups is 2. The van der Waals surface area contributed by atoms with Gasteiger partial charge in [0.1, 0.15) is 0 Å². The van der Waals surface area contributed by atoms with E-state index in [1.807, 2.05) is 0 Å². The molecule has 1 aromatic heterocycles. The van der Waals surface area contributed by atoms with Gasteiger partial charge in [-0.1, -0.05) is 19.0 Å². The van der Waals surface area contributed by atoms with Crippen molar-refractivity contribution in [2.24, 2.45) is 5.41 Å². The number of nitrogens with one attached hydrogen (secondary N) is 1. The first kappa shape index (κ1) is 16.2. The molecule has 6 heteroatoms. The minimum atomic E-state index is -1.02. The summed E-state index contributed by atoms with van der Waals surface area (Å²) in [7, 11) is 0. The average Bonchev–Trinajstić information content (AvgIpc) is 2.87. The number of hydrogen-bond donors (Lipinski definition) is 2. The predicted molar refractivity (Wildman–Crippen MR) is 73.6 cm³/mol. The van der Waals surface area contributed by atoms with E-state index in [-0.39, 0.29) is 18.2 Å². The fourth-order valence-corrected chi connectivity index (χ4v) is 1.76. The van der Waals surface area contributed by atoms with Gasteiger partial charge in [-0.25, -0.2) is 0 Å². The molecule has 1 rings (SSSR count). The standard InChI is InChI=1S/C14H22N2O4/c1-5-9(6-2)10-7-11(20-16-10)12(17)15-8-14(3,4)13(18)19/h7,9H,5-6,8H2,1-4H3,(H,15,17)(H,18,19). The van der Waals surface area contributed by atoms with E-state index >= 15 is 0 Å². The van der Waals surface area contributed by atoms with Crippen LogP contribution in [0.25, 0.3) is 0 Å². The quantitative estimate of drug-likeness (QED) is 0.801. The molecule has 0 spiro atoms. The van der Waals surface area contributed by atoms with E-state index in [4.69, 9.17) is 9.63 Å². The van der Waals surface area contributed by atoms with Gasteiger partial charge in [0.05, 0.1) is 11.1 Å². The topological polar surface area (TPSA) is 92.4 Å². The van der Waals surface area contributed by atoms with Crippen LogP contribution in [-0.4, -0.2) is 28.7 Å². The van der Waals surface area contributed by atoms with Crippen molar-refractivity contribution in [3.05, 3.63) is 17.5 Å². The Morgan fingerprint density at radius 2 is 2.00 bits per heavy atom. The lowest BCUT2D eigenvalue weighted by Crippen LogP contribution is -2.38. The maximum Gasteiger partial charge on any atom is 0.310 e. The van der Waals surface area contributed by atoms with E-state index in [0.717, 1.165) is 18.5 Å². The van der Waals surface area contributed by atoms with E-state index in [1.54, 1.807) is 19.9 Å². The van der Waals surface area contributed by atoms with E-state index < -0.39 is 17.3 Å². The monoisotopic (exact) mass is 282 g/mol. The fourth-order valence-electron chi connectivity index (χ4n) is 1.76. The van der Waals surface area contributed by atoms with Crippen molar-refractivity contribution in [2.45, 2.75) is 46.5 Å². The highest BCUT2D eigenvalue weighted by atomic mass is 16.5. The van der Waals surface area contributed by atoms with Crippen LogP contribution in [0.2, 0.25) is 0 Å². The van der Waals surface area contributed by atoms with Gasteiger partial charge in [0, 0.05) is 18.5 Å². The summed E-state index contributed by atoms with van der Waals surface area (Å²) in [6, 6.07) is 1.63. The molecule has 0 saturated heterocycles. The molecule has 0 bridgehead atoms. The second-order valence-electron chi connectivity index (χ2n) is 5.50. The Kier molecular flexibility index (Phi) is 5.30. The Balaban J connectivity index is 2.67. The van der Waals surface area contributed by atoms with Crippen molar-refractivity contribution in [2.75, 3.05) is 6.54 Å². The maximum absolute atomic E-state index is 11.9. The highest BCUT2D eigenvalue weighted by Crippen LogP contribution is 2.22. The smallest absolute Gasteiger partial charge is 0.310 e. The summed E-state index contributed by atoms with van der Waals surface area (Å²) in [5.74, 6) is -1.01. The lowest BCUT2D eigenvalue weighted by Gasteiger charge is -2.18. The Morgan fingerprint density at radius 3 is 2.50 bits per heavy atom. The molecule has 0 aliphatic rings. The Labute approximate surface area is 118 Å². The van der Waals surface area contributed by atoms with Crippen LogP contribution in [0.3, 0.4) is 0 Å². The molecule has 1 aromatic rings. The van der Waals surface area contributed by atoms with Crippen LogP contribution in [0.15, 0.2) is 10.6 Å². The van der Waals surface area contributed by atoms with Crippen molar-refractivity contribution < 1.29 is 19.2 Å². The maximum atomic E-state index is 11.9. The number of rotatable bonds is 7. The van der Waals surface area contributed by atoms with Crippen molar-refractivity contribution in [3.8, 4) is 0 Å². The normalized spacial score (nSPS) is 11.7. The molecule has 2 N–H and O–H groups in total. The number of carboxylic acids is 1. The summed E-state index contributed by atoms with van der Waals surface area (Å²) in [5.41, 5.74) is -0.258. The van der Waals surface area contributed by atoms with Gasteiger partial charge < -0.3 is 14.9 Å². The zero-order valence-electron chi connectivity index (χ0n) is 12.4. The Bertz CT molecular complexity index is 475. The summed E-state index contributed by atoms with van der Waals surface area (Å²) in [5, 5.41) is 15.4. The lowest BCUT2D eigenvalue weighted by molar-refractivity contribution is -0.146. The molecule has 0 atom stereocenters. The molecular formula is C14H22N2O4. The molecular weight excluding hydrogens is 260 g/mol. The number of carboxylic acid groups (broad SMARTS) is 1. The van der Waals surface area contributed by atoms with Crippen molar-refractivity contribution in [1.29, 1.82) is 0 Å². The number of amides is 1. The third-order valence-electron chi connectivity index (χ3n) is 3.43. The first-order chi connectivity index (χ1) is 9.31. The molecule has 1 heterocycles. The molecule has 0 saturated carbocycles. The summed E-state index contributed by atoms with van der Waals surface area (Å²) in [6.45, 7) is 7.23. The van der Waals surface area contributed by atoms with Gasteiger partial charge in [-0.15, -0.1) is 0 Å². The Morgan fingerprint density at radius 1 is 1.40 bits per heavy atom. The molecule has 6 nitrogen and oxygen atoms in total. The van der Waals surface area contributed by atoms with Crippen LogP contribution in [0.5, 0.6) is 0 Å². The highest BCUT2D eigenvalue weighted by Gasteiger charge is 2.28. The average molecular weight is 282 g/mol. The van der Waals surface area contributed by atoms with Crippen LogP contribution in [0, 0.1) is 5.41 Å². The minimum absolute atomic E-state index is 0.0299. The lowest BCUT2D eigenvalue weighted by atomic mass is 9.94. The summed E-state index contributed by atoms with van der Waals surface area (Å²) < 4.78 is 5.03. The summed E-state index contributed by atoms with van der Waals surface area (Å²) in [6.07, 6.45) is 1.85. The molecule has 0 aliphatic heterocycles. The first-order valence-electron chi connectivity index (χ1n) is 6.80.